The van der Waals surface area contributed by atoms with Gasteiger partial charge in [0.1, 0.15) is 0 Å². The molecule has 0 fully saturated rings. The fourth-order valence-corrected chi connectivity index (χ4v) is 2.35. The Hall–Kier alpha value is 0.730. The molecule has 0 aromatic rings. The van der Waals surface area contributed by atoms with E-state index in [9.17, 15) is 0 Å². The van der Waals surface area contributed by atoms with Crippen LogP contribution in [0.15, 0.2) is 0 Å². The normalized spacial score (nSPS) is 17.4. The average Bonchev–Trinajstić information content (AvgIpc) is 2.17. The number of hydrogen-bond donors (Lipinski definition) is 0. The van der Waals surface area contributed by atoms with Crippen molar-refractivity contribution in [1.29, 1.82) is 0 Å². The van der Waals surface area contributed by atoms with E-state index in [4.69, 9.17) is 0 Å². The highest BCUT2D eigenvalue weighted by Crippen LogP contribution is 2.20. The summed E-state index contributed by atoms with van der Waals surface area (Å²) in [7, 11) is 0. The molecule has 1 unspecified atom stereocenters. The van der Waals surface area contributed by atoms with Crippen molar-refractivity contribution in [2.45, 2.75) is 76.6 Å². The monoisotopic (exact) mass is 324 g/mol. The first-order valence-electron chi connectivity index (χ1n) is 6.70. The topological polar surface area (TPSA) is 0 Å². The van der Waals surface area contributed by atoms with Gasteiger partial charge in [0.05, 0.1) is 0 Å². The molecule has 0 bridgehead atoms. The summed E-state index contributed by atoms with van der Waals surface area (Å²) >= 11 is 2.53. The van der Waals surface area contributed by atoms with Gasteiger partial charge in [0, 0.05) is 3.92 Å². The second kappa shape index (κ2) is 9.92. The minimum atomic E-state index is 0.856. The van der Waals surface area contributed by atoms with Gasteiger partial charge in [-0.1, -0.05) is 88.8 Å². The lowest BCUT2D eigenvalue weighted by Crippen LogP contribution is -1.99. The van der Waals surface area contributed by atoms with Crippen LogP contribution >= 0.6 is 22.6 Å². The quantitative estimate of drug-likeness (QED) is 0.369. The highest BCUT2D eigenvalue weighted by molar-refractivity contribution is 14.1. The van der Waals surface area contributed by atoms with Gasteiger partial charge < -0.3 is 0 Å². The molecule has 0 N–H and O–H groups in total. The molecule has 0 saturated heterocycles. The van der Waals surface area contributed by atoms with Gasteiger partial charge in [-0.05, 0) is 18.3 Å². The van der Waals surface area contributed by atoms with E-state index in [0.29, 0.717) is 0 Å². The lowest BCUT2D eigenvalue weighted by molar-refractivity contribution is 0.409. The van der Waals surface area contributed by atoms with E-state index in [2.05, 4.69) is 50.3 Å². The predicted molar refractivity (Wildman–Crippen MR) is 79.8 cm³/mol. The van der Waals surface area contributed by atoms with Crippen LogP contribution in [0.2, 0.25) is 0 Å². The number of halogens is 1. The van der Waals surface area contributed by atoms with Crippen molar-refractivity contribution in [3.63, 3.8) is 0 Å². The van der Waals surface area contributed by atoms with Crippen molar-refractivity contribution >= 4 is 22.6 Å². The maximum atomic E-state index is 2.53. The summed E-state index contributed by atoms with van der Waals surface area (Å²) in [5.74, 6) is 1.88. The Kier molecular flexibility index (Phi) is 10.4. The van der Waals surface area contributed by atoms with Crippen LogP contribution in [0, 0.1) is 11.8 Å². The Morgan fingerprint density at radius 1 is 0.800 bits per heavy atom. The first-order valence-corrected chi connectivity index (χ1v) is 7.94. The van der Waals surface area contributed by atoms with E-state index in [1.165, 1.54) is 44.9 Å². The zero-order valence-corrected chi connectivity index (χ0v) is 13.2. The zero-order chi connectivity index (χ0) is 11.7. The van der Waals surface area contributed by atoms with Gasteiger partial charge in [-0.25, -0.2) is 0 Å². The Labute approximate surface area is 111 Å². The minimum absolute atomic E-state index is 0.856. The third-order valence-electron chi connectivity index (χ3n) is 3.39. The average molecular weight is 324 g/mol. The molecule has 0 nitrogen and oxygen atoms in total. The summed E-state index contributed by atoms with van der Waals surface area (Å²) in [4.78, 5) is 0. The SMILES string of the molecule is CC[C@H](C)CCC[C@H](C)CCCC(C)I. The molecule has 0 amide bonds. The molecule has 0 rings (SSSR count). The molecule has 0 aliphatic rings. The van der Waals surface area contributed by atoms with E-state index >= 15 is 0 Å². The van der Waals surface area contributed by atoms with Gasteiger partial charge in [-0.2, -0.15) is 0 Å². The van der Waals surface area contributed by atoms with Crippen molar-refractivity contribution in [2.75, 3.05) is 0 Å². The van der Waals surface area contributed by atoms with Gasteiger partial charge in [0.15, 0.2) is 0 Å². The molecule has 0 aromatic carbocycles. The standard InChI is InChI=1S/C14H29I/c1-5-12(2)8-6-9-13(3)10-7-11-14(4)15/h12-14H,5-11H2,1-4H3/t12-,13-,14?/m0/s1. The zero-order valence-electron chi connectivity index (χ0n) is 11.1. The summed E-state index contributed by atoms with van der Waals surface area (Å²) in [6.45, 7) is 9.42. The molecule has 3 atom stereocenters. The van der Waals surface area contributed by atoms with Gasteiger partial charge in [-0.3, -0.25) is 0 Å². The van der Waals surface area contributed by atoms with Crippen LogP contribution in [-0.2, 0) is 0 Å². The molecule has 15 heavy (non-hydrogen) atoms. The number of alkyl halides is 1. The molecule has 0 saturated carbocycles. The summed E-state index contributed by atoms with van der Waals surface area (Å²) in [6, 6.07) is 0. The highest BCUT2D eigenvalue weighted by atomic mass is 127. The van der Waals surface area contributed by atoms with E-state index in [1.54, 1.807) is 0 Å². The molecule has 0 aliphatic heterocycles. The van der Waals surface area contributed by atoms with E-state index in [-0.39, 0.29) is 0 Å². The largest absolute Gasteiger partial charge is 0.0829 e. The maximum absolute atomic E-state index is 2.53. The number of rotatable bonds is 9. The molecule has 0 aromatic heterocycles. The van der Waals surface area contributed by atoms with Crippen LogP contribution in [0.1, 0.15) is 72.6 Å². The van der Waals surface area contributed by atoms with Crippen LogP contribution in [-0.4, -0.2) is 3.92 Å². The van der Waals surface area contributed by atoms with Crippen molar-refractivity contribution in [3.8, 4) is 0 Å². The van der Waals surface area contributed by atoms with Crippen LogP contribution in [0.4, 0.5) is 0 Å². The molecular formula is C14H29I. The smallest absolute Gasteiger partial charge is 0.00813 e. The first-order chi connectivity index (χ1) is 7.06. The van der Waals surface area contributed by atoms with Gasteiger partial charge in [0.2, 0.25) is 0 Å². The predicted octanol–water partition coefficient (Wildman–Crippen LogP) is 5.83. The van der Waals surface area contributed by atoms with E-state index in [0.717, 1.165) is 15.8 Å². The highest BCUT2D eigenvalue weighted by Gasteiger charge is 2.05. The summed E-state index contributed by atoms with van der Waals surface area (Å²) in [5.41, 5.74) is 0. The third-order valence-corrected chi connectivity index (χ3v) is 4.01. The summed E-state index contributed by atoms with van der Waals surface area (Å²) < 4.78 is 0.856. The fraction of sp³-hybridized carbons (Fsp3) is 1.00. The summed E-state index contributed by atoms with van der Waals surface area (Å²) in [5, 5.41) is 0. The summed E-state index contributed by atoms with van der Waals surface area (Å²) in [6.07, 6.45) is 9.93. The molecule has 0 aliphatic carbocycles. The molecule has 0 radical (unpaired) electrons. The van der Waals surface area contributed by atoms with Gasteiger partial charge >= 0.3 is 0 Å². The Morgan fingerprint density at radius 3 is 1.73 bits per heavy atom. The third kappa shape index (κ3) is 11.0. The van der Waals surface area contributed by atoms with Crippen LogP contribution in [0.25, 0.3) is 0 Å². The lowest BCUT2D eigenvalue weighted by atomic mass is 9.94. The molecule has 0 heterocycles. The van der Waals surface area contributed by atoms with E-state index in [1.807, 2.05) is 0 Å². The Balaban J connectivity index is 3.29. The van der Waals surface area contributed by atoms with Crippen LogP contribution < -0.4 is 0 Å². The van der Waals surface area contributed by atoms with Crippen molar-refractivity contribution in [3.05, 3.63) is 0 Å². The second-order valence-corrected chi connectivity index (χ2v) is 7.39. The first kappa shape index (κ1) is 15.7. The van der Waals surface area contributed by atoms with Crippen LogP contribution in [0.3, 0.4) is 0 Å². The van der Waals surface area contributed by atoms with Crippen molar-refractivity contribution in [1.82, 2.24) is 0 Å². The molecule has 92 valence electrons. The van der Waals surface area contributed by atoms with Gasteiger partial charge in [0.25, 0.3) is 0 Å². The van der Waals surface area contributed by atoms with Crippen LogP contribution in [0.5, 0.6) is 0 Å². The molecule has 0 spiro atoms. The maximum Gasteiger partial charge on any atom is 0.00813 e. The Morgan fingerprint density at radius 2 is 1.27 bits per heavy atom. The fourth-order valence-electron chi connectivity index (χ4n) is 1.91. The van der Waals surface area contributed by atoms with Crippen molar-refractivity contribution in [2.24, 2.45) is 11.8 Å². The second-order valence-electron chi connectivity index (χ2n) is 5.26. The van der Waals surface area contributed by atoms with Gasteiger partial charge in [-0.15, -0.1) is 0 Å². The van der Waals surface area contributed by atoms with Crippen molar-refractivity contribution < 1.29 is 0 Å². The number of hydrogen-bond acceptors (Lipinski definition) is 0. The minimum Gasteiger partial charge on any atom is -0.0829 e. The molecular weight excluding hydrogens is 295 g/mol. The lowest BCUT2D eigenvalue weighted by Gasteiger charge is -2.13. The Bertz CT molecular complexity index is 131. The molecule has 1 heteroatoms. The van der Waals surface area contributed by atoms with E-state index < -0.39 is 0 Å².